The summed E-state index contributed by atoms with van der Waals surface area (Å²) in [6.45, 7) is 5.00. The van der Waals surface area contributed by atoms with Crippen molar-refractivity contribution in [2.45, 2.75) is 33.1 Å². The first kappa shape index (κ1) is 23.9. The monoisotopic (exact) mass is 430 g/mol. The van der Waals surface area contributed by atoms with E-state index in [1.54, 1.807) is 37.3 Å². The average molecular weight is 430 g/mol. The molecule has 2 N–H and O–H groups in total. The van der Waals surface area contributed by atoms with Gasteiger partial charge in [0.1, 0.15) is 0 Å². The number of carbonyl (C=O) groups is 1. The molecule has 2 aromatic rings. The molecule has 0 atom stereocenters. The summed E-state index contributed by atoms with van der Waals surface area (Å²) in [5, 5.41) is 19.0. The number of rotatable bonds is 13. The van der Waals surface area contributed by atoms with Crippen molar-refractivity contribution in [3.63, 3.8) is 0 Å². The highest BCUT2D eigenvalue weighted by atomic mass is 16.5. The van der Waals surface area contributed by atoms with Crippen molar-refractivity contribution in [3.05, 3.63) is 53.3 Å². The highest BCUT2D eigenvalue weighted by Crippen LogP contribution is 2.31. The lowest BCUT2D eigenvalue weighted by Gasteiger charge is -2.14. The maximum absolute atomic E-state index is 11.3. The van der Waals surface area contributed by atoms with Gasteiger partial charge in [-0.2, -0.15) is 0 Å². The highest BCUT2D eigenvalue weighted by molar-refractivity contribution is 5.90. The zero-order valence-electron chi connectivity index (χ0n) is 18.2. The minimum atomic E-state index is -1.13. The number of phenols is 1. The third kappa shape index (κ3) is 7.44. The Morgan fingerprint density at radius 2 is 1.77 bits per heavy atom. The number of benzene rings is 2. The van der Waals surface area contributed by atoms with Crippen molar-refractivity contribution in [1.82, 2.24) is 0 Å². The predicted molar refractivity (Wildman–Crippen MR) is 118 cm³/mol. The molecule has 0 bridgehead atoms. The normalized spacial score (nSPS) is 11.1. The summed E-state index contributed by atoms with van der Waals surface area (Å²) >= 11 is 0. The summed E-state index contributed by atoms with van der Waals surface area (Å²) < 4.78 is 22.1. The van der Waals surface area contributed by atoms with Crippen molar-refractivity contribution < 1.29 is 34.0 Å². The van der Waals surface area contributed by atoms with Gasteiger partial charge in [0, 0.05) is 6.42 Å². The first-order valence-electron chi connectivity index (χ1n) is 10.3. The summed E-state index contributed by atoms with van der Waals surface area (Å²) in [6, 6.07) is 10.4. The molecule has 7 heteroatoms. The molecule has 0 saturated carbocycles. The standard InChI is InChI=1S/C24H30O7/c1-4-6-12-30-22-15-18(16-23(24(26)27)29-5-2)8-10-20(22)31-13-11-17-7-9-19(25)21(14-17)28-3/h7-10,14-16,25H,4-6,11-13H2,1-3H3,(H,26,27)/b23-16+. The molecule has 0 saturated heterocycles. The van der Waals surface area contributed by atoms with Crippen molar-refractivity contribution >= 4 is 12.0 Å². The van der Waals surface area contributed by atoms with Gasteiger partial charge in [0.05, 0.1) is 26.9 Å². The second-order valence-corrected chi connectivity index (χ2v) is 6.76. The lowest BCUT2D eigenvalue weighted by molar-refractivity contribution is -0.136. The Balaban J connectivity index is 2.15. The van der Waals surface area contributed by atoms with Gasteiger partial charge >= 0.3 is 5.97 Å². The molecule has 0 amide bonds. The Hall–Kier alpha value is -3.35. The van der Waals surface area contributed by atoms with Crippen LogP contribution in [0, 0.1) is 0 Å². The zero-order chi connectivity index (χ0) is 22.6. The molecule has 168 valence electrons. The van der Waals surface area contributed by atoms with E-state index in [9.17, 15) is 15.0 Å². The van der Waals surface area contributed by atoms with Gasteiger partial charge in [-0.25, -0.2) is 4.79 Å². The molecule has 7 nitrogen and oxygen atoms in total. The number of hydrogen-bond donors (Lipinski definition) is 2. The minimum Gasteiger partial charge on any atom is -0.504 e. The van der Waals surface area contributed by atoms with E-state index in [1.807, 2.05) is 6.07 Å². The van der Waals surface area contributed by atoms with E-state index in [1.165, 1.54) is 13.2 Å². The molecule has 0 spiro atoms. The molecule has 0 heterocycles. The van der Waals surface area contributed by atoms with Crippen LogP contribution in [0.3, 0.4) is 0 Å². The smallest absolute Gasteiger partial charge is 0.371 e. The molecule has 0 aromatic heterocycles. The Kier molecular flexibility index (Phi) is 9.55. The molecule has 0 aliphatic rings. The largest absolute Gasteiger partial charge is 0.504 e. The molecule has 2 rings (SSSR count). The van der Waals surface area contributed by atoms with Crippen molar-refractivity contribution in [1.29, 1.82) is 0 Å². The van der Waals surface area contributed by atoms with Crippen LogP contribution in [0.1, 0.15) is 37.8 Å². The lowest BCUT2D eigenvalue weighted by atomic mass is 10.1. The van der Waals surface area contributed by atoms with Crippen LogP contribution in [-0.4, -0.2) is 43.1 Å². The second-order valence-electron chi connectivity index (χ2n) is 6.76. The van der Waals surface area contributed by atoms with Gasteiger partial charge in [-0.1, -0.05) is 25.5 Å². The van der Waals surface area contributed by atoms with Gasteiger partial charge in [-0.3, -0.25) is 0 Å². The third-order valence-electron chi connectivity index (χ3n) is 4.42. The maximum atomic E-state index is 11.3. The highest BCUT2D eigenvalue weighted by Gasteiger charge is 2.11. The van der Waals surface area contributed by atoms with Gasteiger partial charge < -0.3 is 29.2 Å². The topological polar surface area (TPSA) is 94.5 Å². The minimum absolute atomic E-state index is 0.0928. The van der Waals surface area contributed by atoms with Crippen molar-refractivity contribution in [2.75, 3.05) is 26.9 Å². The molecular weight excluding hydrogens is 400 g/mol. The summed E-state index contributed by atoms with van der Waals surface area (Å²) in [5.41, 5.74) is 1.61. The fraction of sp³-hybridized carbons (Fsp3) is 0.375. The SMILES string of the molecule is CCCCOc1cc(/C=C(/OCC)C(=O)O)ccc1OCCc1ccc(O)c(OC)c1. The Bertz CT molecular complexity index is 889. The first-order chi connectivity index (χ1) is 15.0. The van der Waals surface area contributed by atoms with E-state index >= 15 is 0 Å². The van der Waals surface area contributed by atoms with Crippen LogP contribution in [0.5, 0.6) is 23.0 Å². The van der Waals surface area contributed by atoms with E-state index in [2.05, 4.69) is 6.92 Å². The van der Waals surface area contributed by atoms with Gasteiger partial charge in [0.2, 0.25) is 5.76 Å². The Morgan fingerprint density at radius 3 is 2.45 bits per heavy atom. The van der Waals surface area contributed by atoms with Crippen LogP contribution in [0.2, 0.25) is 0 Å². The number of unbranched alkanes of at least 4 members (excludes halogenated alkanes) is 1. The molecule has 0 fully saturated rings. The lowest BCUT2D eigenvalue weighted by Crippen LogP contribution is -2.06. The van der Waals surface area contributed by atoms with Gasteiger partial charge in [-0.15, -0.1) is 0 Å². The number of aromatic hydroxyl groups is 1. The maximum Gasteiger partial charge on any atom is 0.371 e. The van der Waals surface area contributed by atoms with Gasteiger partial charge in [0.15, 0.2) is 23.0 Å². The van der Waals surface area contributed by atoms with E-state index in [0.29, 0.717) is 42.4 Å². The van der Waals surface area contributed by atoms with Crippen LogP contribution in [0.4, 0.5) is 0 Å². The van der Waals surface area contributed by atoms with E-state index in [4.69, 9.17) is 18.9 Å². The summed E-state index contributed by atoms with van der Waals surface area (Å²) in [7, 11) is 1.51. The number of carboxylic acids is 1. The Morgan fingerprint density at radius 1 is 1.00 bits per heavy atom. The number of carboxylic acid groups (broad SMARTS) is 1. The quantitative estimate of drug-likeness (QED) is 0.271. The summed E-state index contributed by atoms with van der Waals surface area (Å²) in [4.78, 5) is 11.3. The van der Waals surface area contributed by atoms with E-state index in [-0.39, 0.29) is 18.1 Å². The zero-order valence-corrected chi connectivity index (χ0v) is 18.2. The molecule has 2 aromatic carbocycles. The molecule has 0 unspecified atom stereocenters. The van der Waals surface area contributed by atoms with Gasteiger partial charge in [0.25, 0.3) is 0 Å². The van der Waals surface area contributed by atoms with Crippen LogP contribution in [0.25, 0.3) is 6.08 Å². The van der Waals surface area contributed by atoms with E-state index < -0.39 is 5.97 Å². The number of ether oxygens (including phenoxy) is 4. The Labute approximate surface area is 182 Å². The number of phenolic OH excluding ortho intramolecular Hbond substituents is 1. The fourth-order valence-electron chi connectivity index (χ4n) is 2.80. The molecule has 0 radical (unpaired) electrons. The molecule has 0 aliphatic heterocycles. The summed E-state index contributed by atoms with van der Waals surface area (Å²) in [5.74, 6) is 0.381. The van der Waals surface area contributed by atoms with Crippen LogP contribution >= 0.6 is 0 Å². The molecule has 31 heavy (non-hydrogen) atoms. The second kappa shape index (κ2) is 12.4. The fourth-order valence-corrected chi connectivity index (χ4v) is 2.80. The van der Waals surface area contributed by atoms with Crippen LogP contribution < -0.4 is 14.2 Å². The number of methoxy groups -OCH3 is 1. The average Bonchev–Trinajstić information content (AvgIpc) is 2.76. The van der Waals surface area contributed by atoms with E-state index in [0.717, 1.165) is 18.4 Å². The summed E-state index contributed by atoms with van der Waals surface area (Å²) in [6.07, 6.45) is 3.96. The number of aliphatic carboxylic acids is 1. The van der Waals surface area contributed by atoms with Crippen LogP contribution in [-0.2, 0) is 16.0 Å². The first-order valence-corrected chi connectivity index (χ1v) is 10.3. The van der Waals surface area contributed by atoms with Crippen molar-refractivity contribution in [2.24, 2.45) is 0 Å². The molecular formula is C24H30O7. The predicted octanol–water partition coefficient (Wildman–Crippen LogP) is 4.66. The van der Waals surface area contributed by atoms with Crippen LogP contribution in [0.15, 0.2) is 42.2 Å². The molecule has 0 aliphatic carbocycles. The third-order valence-corrected chi connectivity index (χ3v) is 4.42. The van der Waals surface area contributed by atoms with Gasteiger partial charge in [-0.05, 0) is 54.8 Å². The number of hydrogen-bond acceptors (Lipinski definition) is 6. The van der Waals surface area contributed by atoms with Crippen molar-refractivity contribution in [3.8, 4) is 23.0 Å².